The molecule has 0 radical (unpaired) electrons. The summed E-state index contributed by atoms with van der Waals surface area (Å²) in [6.45, 7) is 0.630. The molecule has 0 saturated heterocycles. The number of aliphatic imine (C=N–C) groups is 1. The van der Waals surface area contributed by atoms with E-state index in [0.717, 1.165) is 29.2 Å². The van der Waals surface area contributed by atoms with Gasteiger partial charge in [-0.3, -0.25) is 9.79 Å². The van der Waals surface area contributed by atoms with Crippen molar-refractivity contribution in [3.63, 3.8) is 0 Å². The van der Waals surface area contributed by atoms with E-state index in [2.05, 4.69) is 39.6 Å². The van der Waals surface area contributed by atoms with Gasteiger partial charge in [0.05, 0.1) is 5.04 Å². The Morgan fingerprint density at radius 2 is 1.96 bits per heavy atom. The minimum absolute atomic E-state index is 0.0282. The molecule has 0 unspecified atom stereocenters. The van der Waals surface area contributed by atoms with Crippen LogP contribution in [0.1, 0.15) is 11.1 Å². The number of nitrogens with zero attached hydrogens (tertiary/aromatic N) is 1. The Bertz CT molecular complexity index is 933. The zero-order valence-electron chi connectivity index (χ0n) is 14.4. The smallest absolute Gasteiger partial charge is 0.245 e. The van der Waals surface area contributed by atoms with Gasteiger partial charge in [0.25, 0.3) is 0 Å². The number of fused-ring (bicyclic) bond motifs is 1. The van der Waals surface area contributed by atoms with Crippen LogP contribution in [0.5, 0.6) is 0 Å². The highest BCUT2D eigenvalue weighted by Gasteiger charge is 2.24. The quantitative estimate of drug-likeness (QED) is 0.703. The molecule has 1 amide bonds. The van der Waals surface area contributed by atoms with Crippen LogP contribution < -0.4 is 5.32 Å². The number of H-pyrrole nitrogens is 1. The minimum atomic E-state index is -0.262. The van der Waals surface area contributed by atoms with Gasteiger partial charge in [-0.05, 0) is 23.6 Å². The van der Waals surface area contributed by atoms with Gasteiger partial charge in [0.2, 0.25) is 5.91 Å². The highest BCUT2D eigenvalue weighted by Crippen LogP contribution is 2.21. The third-order valence-corrected chi connectivity index (χ3v) is 5.64. The number of carbonyl (C=O) groups excluding carboxylic acids is 1. The second kappa shape index (κ2) is 7.79. The molecule has 1 aromatic heterocycles. The molecule has 26 heavy (non-hydrogen) atoms. The molecule has 2 heterocycles. The summed E-state index contributed by atoms with van der Waals surface area (Å²) in [7, 11) is 0. The van der Waals surface area contributed by atoms with Crippen LogP contribution in [0.25, 0.3) is 10.9 Å². The van der Waals surface area contributed by atoms with Crippen molar-refractivity contribution in [3.05, 3.63) is 71.9 Å². The van der Waals surface area contributed by atoms with Crippen molar-refractivity contribution in [2.45, 2.75) is 18.9 Å². The molecule has 5 heteroatoms. The molecule has 1 aliphatic heterocycles. The van der Waals surface area contributed by atoms with Gasteiger partial charge in [0, 0.05) is 35.8 Å². The summed E-state index contributed by atoms with van der Waals surface area (Å²) in [5.41, 5.74) is 3.60. The molecule has 2 N–H and O–H groups in total. The lowest BCUT2D eigenvalue weighted by molar-refractivity contribution is -0.121. The molecule has 4 nitrogen and oxygen atoms in total. The number of amides is 1. The summed E-state index contributed by atoms with van der Waals surface area (Å²) in [5.74, 6) is 0.765. The van der Waals surface area contributed by atoms with Gasteiger partial charge in [0.15, 0.2) is 0 Å². The standard InChI is InChI=1S/C21H21N3OS/c25-21(19-14-26-20(24-19)12-15-6-2-1-3-7-15)22-11-10-16-13-23-18-9-5-4-8-17(16)18/h1-9,13,19,23H,10-12,14H2,(H,22,25)/t19-/m0/s1. The van der Waals surface area contributed by atoms with E-state index in [9.17, 15) is 4.79 Å². The maximum Gasteiger partial charge on any atom is 0.245 e. The Kier molecular flexibility index (Phi) is 5.07. The maximum absolute atomic E-state index is 12.4. The largest absolute Gasteiger partial charge is 0.361 e. The van der Waals surface area contributed by atoms with Crippen molar-refractivity contribution in [3.8, 4) is 0 Å². The Morgan fingerprint density at radius 1 is 1.15 bits per heavy atom. The lowest BCUT2D eigenvalue weighted by Crippen LogP contribution is -2.35. The molecule has 2 aromatic carbocycles. The number of hydrogen-bond acceptors (Lipinski definition) is 3. The highest BCUT2D eigenvalue weighted by atomic mass is 32.2. The second-order valence-corrected chi connectivity index (χ2v) is 7.51. The van der Waals surface area contributed by atoms with E-state index < -0.39 is 0 Å². The molecular formula is C21H21N3OS. The van der Waals surface area contributed by atoms with E-state index in [4.69, 9.17) is 0 Å². The maximum atomic E-state index is 12.4. The first-order valence-corrected chi connectivity index (χ1v) is 9.84. The summed E-state index contributed by atoms with van der Waals surface area (Å²) in [6, 6.07) is 18.2. The monoisotopic (exact) mass is 363 g/mol. The second-order valence-electron chi connectivity index (χ2n) is 6.41. The number of benzene rings is 2. The number of thioether (sulfide) groups is 1. The van der Waals surface area contributed by atoms with Crippen molar-refractivity contribution in [2.75, 3.05) is 12.3 Å². The summed E-state index contributed by atoms with van der Waals surface area (Å²) in [4.78, 5) is 20.3. The van der Waals surface area contributed by atoms with Gasteiger partial charge in [-0.1, -0.05) is 48.5 Å². The van der Waals surface area contributed by atoms with E-state index in [1.807, 2.05) is 36.5 Å². The van der Waals surface area contributed by atoms with E-state index >= 15 is 0 Å². The topological polar surface area (TPSA) is 57.2 Å². The van der Waals surface area contributed by atoms with E-state index in [-0.39, 0.29) is 11.9 Å². The molecule has 4 rings (SSSR count). The van der Waals surface area contributed by atoms with Crippen LogP contribution in [0.3, 0.4) is 0 Å². The number of nitrogens with one attached hydrogen (secondary N) is 2. The van der Waals surface area contributed by atoms with Crippen molar-refractivity contribution in [2.24, 2.45) is 4.99 Å². The Hall–Kier alpha value is -2.53. The molecule has 0 aliphatic carbocycles. The van der Waals surface area contributed by atoms with Crippen molar-refractivity contribution in [1.29, 1.82) is 0 Å². The SMILES string of the molecule is O=C(NCCc1c[nH]c2ccccc12)[C@@H]1CSC(Cc2ccccc2)=N1. The third-order valence-electron chi connectivity index (χ3n) is 4.58. The van der Waals surface area contributed by atoms with Crippen LogP contribution in [0, 0.1) is 0 Å². The third kappa shape index (κ3) is 3.83. The van der Waals surface area contributed by atoms with Crippen LogP contribution in [0.2, 0.25) is 0 Å². The van der Waals surface area contributed by atoms with E-state index in [1.165, 1.54) is 16.5 Å². The number of para-hydroxylation sites is 1. The number of rotatable bonds is 6. The molecule has 0 bridgehead atoms. The first kappa shape index (κ1) is 16.9. The molecule has 0 spiro atoms. The molecule has 132 valence electrons. The number of hydrogen-bond donors (Lipinski definition) is 2. The first-order chi connectivity index (χ1) is 12.8. The van der Waals surface area contributed by atoms with Crippen molar-refractivity contribution >= 4 is 33.6 Å². The fraction of sp³-hybridized carbons (Fsp3) is 0.238. The minimum Gasteiger partial charge on any atom is -0.361 e. The van der Waals surface area contributed by atoms with Crippen LogP contribution in [0.4, 0.5) is 0 Å². The Labute approximate surface area is 157 Å². The molecule has 3 aromatic rings. The molecular weight excluding hydrogens is 342 g/mol. The van der Waals surface area contributed by atoms with Crippen LogP contribution >= 0.6 is 11.8 Å². The Balaban J connectivity index is 1.30. The molecule has 1 aliphatic rings. The normalized spacial score (nSPS) is 16.6. The molecule has 1 atom stereocenters. The molecule has 0 fully saturated rings. The summed E-state index contributed by atoms with van der Waals surface area (Å²) in [6.07, 6.45) is 3.65. The summed E-state index contributed by atoms with van der Waals surface area (Å²) < 4.78 is 0. The van der Waals surface area contributed by atoms with Crippen LogP contribution in [-0.4, -0.2) is 34.3 Å². The average Bonchev–Trinajstić information content (AvgIpc) is 3.30. The lowest BCUT2D eigenvalue weighted by Gasteiger charge is -2.07. The fourth-order valence-corrected chi connectivity index (χ4v) is 4.25. The van der Waals surface area contributed by atoms with Gasteiger partial charge in [-0.25, -0.2) is 0 Å². The predicted octanol–water partition coefficient (Wildman–Crippen LogP) is 3.58. The van der Waals surface area contributed by atoms with Crippen LogP contribution in [0.15, 0.2) is 65.8 Å². The van der Waals surface area contributed by atoms with E-state index in [0.29, 0.717) is 6.54 Å². The van der Waals surface area contributed by atoms with Gasteiger partial charge in [-0.15, -0.1) is 11.8 Å². The zero-order valence-corrected chi connectivity index (χ0v) is 15.3. The fourth-order valence-electron chi connectivity index (χ4n) is 3.20. The number of aromatic nitrogens is 1. The summed E-state index contributed by atoms with van der Waals surface area (Å²) in [5, 5.41) is 5.31. The van der Waals surface area contributed by atoms with Gasteiger partial charge < -0.3 is 10.3 Å². The highest BCUT2D eigenvalue weighted by molar-refractivity contribution is 8.14. The van der Waals surface area contributed by atoms with Gasteiger partial charge >= 0.3 is 0 Å². The van der Waals surface area contributed by atoms with E-state index in [1.54, 1.807) is 11.8 Å². The average molecular weight is 363 g/mol. The van der Waals surface area contributed by atoms with Crippen LogP contribution in [-0.2, 0) is 17.6 Å². The zero-order chi connectivity index (χ0) is 17.8. The first-order valence-electron chi connectivity index (χ1n) is 8.86. The summed E-state index contributed by atoms with van der Waals surface area (Å²) >= 11 is 1.69. The number of carbonyl (C=O) groups is 1. The number of aromatic amines is 1. The van der Waals surface area contributed by atoms with Crippen molar-refractivity contribution in [1.82, 2.24) is 10.3 Å². The van der Waals surface area contributed by atoms with Gasteiger partial charge in [-0.2, -0.15) is 0 Å². The van der Waals surface area contributed by atoms with Crippen molar-refractivity contribution < 1.29 is 4.79 Å². The van der Waals surface area contributed by atoms with Gasteiger partial charge in [0.1, 0.15) is 6.04 Å². The molecule has 0 saturated carbocycles. The Morgan fingerprint density at radius 3 is 2.85 bits per heavy atom. The predicted molar refractivity (Wildman–Crippen MR) is 109 cm³/mol. The lowest BCUT2D eigenvalue weighted by atomic mass is 10.1.